The molecule has 2 aromatic carbocycles. The van der Waals surface area contributed by atoms with Crippen LogP contribution in [0.1, 0.15) is 17.5 Å². The molecule has 0 fully saturated rings. The fourth-order valence-corrected chi connectivity index (χ4v) is 2.44. The Bertz CT molecular complexity index is 692. The van der Waals surface area contributed by atoms with E-state index in [2.05, 4.69) is 10.5 Å². The highest BCUT2D eigenvalue weighted by atomic mass is 35.5. The lowest BCUT2D eigenvalue weighted by molar-refractivity contribution is 0.310. The molecule has 0 atom stereocenters. The highest BCUT2D eigenvalue weighted by molar-refractivity contribution is 5.85. The van der Waals surface area contributed by atoms with E-state index >= 15 is 0 Å². The summed E-state index contributed by atoms with van der Waals surface area (Å²) in [5.74, 6) is 7.62. The monoisotopic (exact) mass is 393 g/mol. The molecule has 5 N–H and O–H groups in total. The number of hydrazone groups is 1. The third-order valence-electron chi connectivity index (χ3n) is 3.89. The summed E-state index contributed by atoms with van der Waals surface area (Å²) in [4.78, 5) is 0. The van der Waals surface area contributed by atoms with Gasteiger partial charge in [-0.1, -0.05) is 24.3 Å². The van der Waals surface area contributed by atoms with Gasteiger partial charge < -0.3 is 15.2 Å². The van der Waals surface area contributed by atoms with Gasteiger partial charge in [0, 0.05) is 19.5 Å². The van der Waals surface area contributed by atoms with Crippen molar-refractivity contribution in [3.05, 3.63) is 59.7 Å². The van der Waals surface area contributed by atoms with Crippen LogP contribution in [0.25, 0.3) is 0 Å². The molecule has 0 spiro atoms. The van der Waals surface area contributed by atoms with Crippen molar-refractivity contribution >= 4 is 18.2 Å². The second-order valence-electron chi connectivity index (χ2n) is 5.81. The fraction of sp³-hybridized carbons (Fsp3) is 0.316. The van der Waals surface area contributed by atoms with Crippen LogP contribution in [0.5, 0.6) is 11.5 Å². The Labute approximate surface area is 166 Å². The average Bonchev–Trinajstić information content (AvgIpc) is 3.08. The molecular formula is C19H28ClN5O2. The van der Waals surface area contributed by atoms with Crippen molar-refractivity contribution < 1.29 is 9.47 Å². The Morgan fingerprint density at radius 1 is 0.963 bits per heavy atom. The fourth-order valence-electron chi connectivity index (χ4n) is 2.44. The van der Waals surface area contributed by atoms with Gasteiger partial charge in [-0.2, -0.15) is 5.10 Å². The van der Waals surface area contributed by atoms with Crippen LogP contribution in [0, 0.1) is 0 Å². The maximum atomic E-state index is 5.61. The number of hydrogen-bond acceptors (Lipinski definition) is 7. The van der Waals surface area contributed by atoms with E-state index in [9.17, 15) is 0 Å². The van der Waals surface area contributed by atoms with E-state index in [4.69, 9.17) is 21.1 Å². The van der Waals surface area contributed by atoms with E-state index in [0.29, 0.717) is 6.54 Å². The summed E-state index contributed by atoms with van der Waals surface area (Å²) in [5, 5.41) is 6.21. The van der Waals surface area contributed by atoms with Crippen LogP contribution >= 0.6 is 12.4 Å². The van der Waals surface area contributed by atoms with E-state index in [1.54, 1.807) is 14.2 Å². The molecule has 1 heterocycles. The smallest absolute Gasteiger partial charge is 0.121 e. The molecular weight excluding hydrogens is 366 g/mol. The van der Waals surface area contributed by atoms with Crippen LogP contribution in [-0.4, -0.2) is 31.6 Å². The predicted octanol–water partition coefficient (Wildman–Crippen LogP) is 2.25. The number of amidine groups is 1. The highest BCUT2D eigenvalue weighted by Crippen LogP contribution is 2.14. The van der Waals surface area contributed by atoms with Crippen LogP contribution in [-0.2, 0) is 13.1 Å². The molecule has 8 heteroatoms. The molecule has 7 nitrogen and oxygen atoms in total. The summed E-state index contributed by atoms with van der Waals surface area (Å²) in [5.41, 5.74) is 10.6. The van der Waals surface area contributed by atoms with Crippen molar-refractivity contribution in [1.82, 2.24) is 10.4 Å². The van der Waals surface area contributed by atoms with Gasteiger partial charge in [0.2, 0.25) is 0 Å². The SMILES string of the molecule is COc1ccc(CN2CCC(N)=N2)cc1.COc1ccc(CNN)cc1.Cl. The Hall–Kier alpha value is -2.48. The lowest BCUT2D eigenvalue weighted by atomic mass is 10.2. The molecule has 27 heavy (non-hydrogen) atoms. The number of rotatable bonds is 6. The number of nitrogens with one attached hydrogen (secondary N) is 1. The lowest BCUT2D eigenvalue weighted by Crippen LogP contribution is -2.20. The summed E-state index contributed by atoms with van der Waals surface area (Å²) in [6, 6.07) is 15.8. The number of nitrogens with zero attached hydrogens (tertiary/aromatic N) is 2. The zero-order chi connectivity index (χ0) is 18.8. The summed E-state index contributed by atoms with van der Waals surface area (Å²) >= 11 is 0. The first-order chi connectivity index (χ1) is 12.6. The molecule has 1 aliphatic heterocycles. The average molecular weight is 394 g/mol. The molecule has 0 saturated carbocycles. The molecule has 0 bridgehead atoms. The van der Waals surface area contributed by atoms with E-state index in [1.807, 2.05) is 53.5 Å². The normalized spacial score (nSPS) is 12.4. The van der Waals surface area contributed by atoms with Gasteiger partial charge >= 0.3 is 0 Å². The second-order valence-corrected chi connectivity index (χ2v) is 5.81. The zero-order valence-electron chi connectivity index (χ0n) is 15.7. The minimum absolute atomic E-state index is 0. The number of nitrogens with two attached hydrogens (primary N) is 2. The predicted molar refractivity (Wildman–Crippen MR) is 111 cm³/mol. The number of benzene rings is 2. The Balaban J connectivity index is 0.000000273. The summed E-state index contributed by atoms with van der Waals surface area (Å²) < 4.78 is 10.1. The van der Waals surface area contributed by atoms with Crippen molar-refractivity contribution in [1.29, 1.82) is 0 Å². The molecule has 3 rings (SSSR count). The number of hydrazine groups is 1. The molecule has 1 aliphatic rings. The standard InChI is InChI=1S/C11H15N3O.C8H12N2O.ClH/c1-15-10-4-2-9(3-5-10)8-14-7-6-11(12)13-14;1-11-8-4-2-7(3-5-8)6-10-9;/h2-5H,6-8H2,1H3,(H2,12,13);2-5,10H,6,9H2,1H3;1H. The quantitative estimate of drug-likeness (QED) is 0.514. The molecule has 0 radical (unpaired) electrons. The topological polar surface area (TPSA) is 98.1 Å². The van der Waals surface area contributed by atoms with Gasteiger partial charge in [-0.15, -0.1) is 12.4 Å². The van der Waals surface area contributed by atoms with Crippen molar-refractivity contribution in [2.24, 2.45) is 16.7 Å². The minimum Gasteiger partial charge on any atom is -0.497 e. The lowest BCUT2D eigenvalue weighted by Gasteiger charge is -2.13. The molecule has 0 saturated heterocycles. The highest BCUT2D eigenvalue weighted by Gasteiger charge is 2.11. The Morgan fingerprint density at radius 3 is 1.89 bits per heavy atom. The Morgan fingerprint density at radius 2 is 1.48 bits per heavy atom. The van der Waals surface area contributed by atoms with Gasteiger partial charge in [0.15, 0.2) is 0 Å². The second kappa shape index (κ2) is 12.0. The summed E-state index contributed by atoms with van der Waals surface area (Å²) in [6.07, 6.45) is 0.871. The molecule has 148 valence electrons. The summed E-state index contributed by atoms with van der Waals surface area (Å²) in [6.45, 7) is 2.41. The van der Waals surface area contributed by atoms with Crippen molar-refractivity contribution in [3.63, 3.8) is 0 Å². The van der Waals surface area contributed by atoms with Crippen LogP contribution in [0.4, 0.5) is 0 Å². The third kappa shape index (κ3) is 7.74. The number of ether oxygens (including phenoxy) is 2. The molecule has 0 aliphatic carbocycles. The van der Waals surface area contributed by atoms with E-state index in [1.165, 1.54) is 5.56 Å². The van der Waals surface area contributed by atoms with Gasteiger partial charge in [-0.05, 0) is 35.4 Å². The molecule has 0 aromatic heterocycles. The van der Waals surface area contributed by atoms with Crippen LogP contribution in [0.3, 0.4) is 0 Å². The maximum absolute atomic E-state index is 5.61. The first-order valence-electron chi connectivity index (χ1n) is 8.42. The van der Waals surface area contributed by atoms with Gasteiger partial charge in [-0.25, -0.2) is 0 Å². The van der Waals surface area contributed by atoms with E-state index in [0.717, 1.165) is 42.4 Å². The number of halogens is 1. The minimum atomic E-state index is 0. The maximum Gasteiger partial charge on any atom is 0.121 e. The van der Waals surface area contributed by atoms with Crippen LogP contribution in [0.2, 0.25) is 0 Å². The van der Waals surface area contributed by atoms with Crippen molar-refractivity contribution in [2.75, 3.05) is 20.8 Å². The first-order valence-corrected chi connectivity index (χ1v) is 8.42. The van der Waals surface area contributed by atoms with Gasteiger partial charge in [0.1, 0.15) is 17.3 Å². The van der Waals surface area contributed by atoms with Crippen molar-refractivity contribution in [2.45, 2.75) is 19.5 Å². The molecule has 0 amide bonds. The zero-order valence-corrected chi connectivity index (χ0v) is 16.5. The van der Waals surface area contributed by atoms with Gasteiger partial charge in [0.05, 0.1) is 20.8 Å². The number of methoxy groups -OCH3 is 2. The van der Waals surface area contributed by atoms with E-state index < -0.39 is 0 Å². The van der Waals surface area contributed by atoms with E-state index in [-0.39, 0.29) is 12.4 Å². The molecule has 2 aromatic rings. The first kappa shape index (κ1) is 22.6. The van der Waals surface area contributed by atoms with Crippen molar-refractivity contribution in [3.8, 4) is 11.5 Å². The van der Waals surface area contributed by atoms with Gasteiger partial charge in [-0.3, -0.25) is 16.3 Å². The Kier molecular flexibility index (Phi) is 10.0. The van der Waals surface area contributed by atoms with Gasteiger partial charge in [0.25, 0.3) is 0 Å². The third-order valence-corrected chi connectivity index (χ3v) is 3.89. The summed E-state index contributed by atoms with van der Waals surface area (Å²) in [7, 11) is 3.32. The number of hydrogen-bond donors (Lipinski definition) is 3. The van der Waals surface area contributed by atoms with Crippen LogP contribution < -0.4 is 26.5 Å². The van der Waals surface area contributed by atoms with Crippen LogP contribution in [0.15, 0.2) is 53.6 Å². The molecule has 0 unspecified atom stereocenters. The largest absolute Gasteiger partial charge is 0.497 e.